The van der Waals surface area contributed by atoms with Crippen molar-refractivity contribution in [1.82, 2.24) is 0 Å². The van der Waals surface area contributed by atoms with Gasteiger partial charge in [-0.1, -0.05) is 0 Å². The van der Waals surface area contributed by atoms with Crippen molar-refractivity contribution in [2.75, 3.05) is 8.04 Å². The number of para-hydroxylation sites is 1. The predicted octanol–water partition coefficient (Wildman–Crippen LogP) is 0.0938. The number of nitrogens with zero attached hydrogens (tertiary/aromatic N) is 1. The van der Waals surface area contributed by atoms with Gasteiger partial charge in [0, 0.05) is 0 Å². The molecule has 0 saturated carbocycles. The zero-order valence-corrected chi connectivity index (χ0v) is 10.6. The van der Waals surface area contributed by atoms with Gasteiger partial charge in [0.05, 0.1) is 0 Å². The van der Waals surface area contributed by atoms with Crippen molar-refractivity contribution in [3.05, 3.63) is 35.4 Å². The summed E-state index contributed by atoms with van der Waals surface area (Å²) in [6.07, 6.45) is 2.20. The van der Waals surface area contributed by atoms with Gasteiger partial charge in [-0.15, -0.1) is 0 Å². The molecular weight excluding hydrogens is 293 g/mol. The molecular formula is C10H11INS-. The molecule has 0 spiro atoms. The molecule has 1 aromatic carbocycles. The van der Waals surface area contributed by atoms with Gasteiger partial charge >= 0.3 is 94.2 Å². The Kier molecular flexibility index (Phi) is 2.83. The number of hydrogen-bond donors (Lipinski definition) is 0. The fourth-order valence-electron chi connectivity index (χ4n) is 1.32. The van der Waals surface area contributed by atoms with Gasteiger partial charge in [0.15, 0.2) is 0 Å². The molecule has 1 aliphatic rings. The van der Waals surface area contributed by atoms with Crippen LogP contribution in [0.1, 0.15) is 6.92 Å². The minimum atomic E-state index is 0.113. The van der Waals surface area contributed by atoms with E-state index in [-0.39, 0.29) is 21.5 Å². The van der Waals surface area contributed by atoms with Crippen LogP contribution in [-0.2, 0) is 0 Å². The van der Waals surface area contributed by atoms with E-state index in [1.165, 1.54) is 15.6 Å². The molecule has 0 radical (unpaired) electrons. The van der Waals surface area contributed by atoms with Crippen molar-refractivity contribution in [3.8, 4) is 0 Å². The molecule has 0 N–H and O–H groups in total. The number of rotatable bonds is 1. The van der Waals surface area contributed by atoms with Crippen molar-refractivity contribution < 1.29 is 21.5 Å². The summed E-state index contributed by atoms with van der Waals surface area (Å²) < 4.78 is 2.46. The minimum absolute atomic E-state index is 0.113. The Morgan fingerprint density at radius 3 is 2.85 bits per heavy atom. The monoisotopic (exact) mass is 304 g/mol. The summed E-state index contributed by atoms with van der Waals surface area (Å²) in [4.78, 5) is 3.70. The third-order valence-electron chi connectivity index (χ3n) is 1.90. The number of anilines is 1. The Balaban J connectivity index is 2.46. The molecule has 0 amide bonds. The average Bonchev–Trinajstić information content (AvgIpc) is 2.55. The Hall–Kier alpha value is -0.160. The molecule has 0 aliphatic carbocycles. The average molecular weight is 304 g/mol. The van der Waals surface area contributed by atoms with Crippen molar-refractivity contribution >= 4 is 17.4 Å². The standard InChI is InChI=1S/C10H11INS/c1-3-10-12(11-2)8-6-4-5-7-9(8)13-10/h3-7H,1-2H3/q-1/b10-3+. The van der Waals surface area contributed by atoms with E-state index in [9.17, 15) is 0 Å². The van der Waals surface area contributed by atoms with Crippen LogP contribution >= 0.6 is 11.8 Å². The summed E-state index contributed by atoms with van der Waals surface area (Å²) in [5.41, 5.74) is 1.40. The van der Waals surface area contributed by atoms with Gasteiger partial charge in [-0.05, 0) is 0 Å². The molecule has 0 unspecified atom stereocenters. The topological polar surface area (TPSA) is 3.24 Å². The first-order valence-electron chi connectivity index (χ1n) is 4.10. The van der Waals surface area contributed by atoms with E-state index < -0.39 is 0 Å². The first kappa shape index (κ1) is 9.40. The molecule has 0 bridgehead atoms. The van der Waals surface area contributed by atoms with Crippen molar-refractivity contribution in [1.29, 1.82) is 0 Å². The van der Waals surface area contributed by atoms with E-state index in [1.54, 1.807) is 0 Å². The number of fused-ring (bicyclic) bond motifs is 1. The Labute approximate surface area is 93.8 Å². The molecule has 1 nitrogen and oxygen atoms in total. The van der Waals surface area contributed by atoms with Gasteiger partial charge < -0.3 is 0 Å². The first-order chi connectivity index (χ1) is 6.36. The number of hydrogen-bond acceptors (Lipinski definition) is 2. The maximum absolute atomic E-state index is 2.46. The van der Waals surface area contributed by atoms with Gasteiger partial charge in [-0.3, -0.25) is 0 Å². The zero-order chi connectivity index (χ0) is 9.26. The molecule has 1 aromatic rings. The SMILES string of the molecule is C/C=C1/Sc2ccccc2N1[I-]C. The second kappa shape index (κ2) is 3.92. The zero-order valence-electron chi connectivity index (χ0n) is 7.62. The molecule has 0 aromatic heterocycles. The van der Waals surface area contributed by atoms with Crippen molar-refractivity contribution in [2.24, 2.45) is 0 Å². The van der Waals surface area contributed by atoms with Gasteiger partial charge in [-0.25, -0.2) is 0 Å². The summed E-state index contributed by atoms with van der Waals surface area (Å²) in [5.74, 6) is 0. The van der Waals surface area contributed by atoms with Crippen LogP contribution in [0.3, 0.4) is 0 Å². The van der Waals surface area contributed by atoms with Crippen LogP contribution < -0.4 is 24.6 Å². The van der Waals surface area contributed by atoms with Crippen LogP contribution in [0.5, 0.6) is 0 Å². The van der Waals surface area contributed by atoms with Crippen LogP contribution in [0, 0.1) is 0 Å². The van der Waals surface area contributed by atoms with Crippen LogP contribution in [0.4, 0.5) is 5.69 Å². The number of halogens is 1. The predicted molar refractivity (Wildman–Crippen MR) is 54.5 cm³/mol. The van der Waals surface area contributed by atoms with Gasteiger partial charge in [-0.2, -0.15) is 0 Å². The van der Waals surface area contributed by atoms with E-state index >= 15 is 0 Å². The van der Waals surface area contributed by atoms with Gasteiger partial charge in [0.25, 0.3) is 0 Å². The van der Waals surface area contributed by atoms with E-state index in [2.05, 4.69) is 45.3 Å². The molecule has 0 fully saturated rings. The summed E-state index contributed by atoms with van der Waals surface area (Å²) in [6, 6.07) is 8.63. The molecule has 3 heteroatoms. The van der Waals surface area contributed by atoms with Gasteiger partial charge in [0.2, 0.25) is 0 Å². The molecule has 13 heavy (non-hydrogen) atoms. The molecule has 0 saturated heterocycles. The third kappa shape index (κ3) is 1.59. The molecule has 1 heterocycles. The Bertz CT molecular complexity index is 349. The summed E-state index contributed by atoms with van der Waals surface area (Å²) in [6.45, 7) is 2.11. The third-order valence-corrected chi connectivity index (χ3v) is 5.43. The van der Waals surface area contributed by atoms with Crippen LogP contribution in [0.2, 0.25) is 0 Å². The first-order valence-corrected chi connectivity index (χ1v) is 8.03. The quantitative estimate of drug-likeness (QED) is 0.411. The summed E-state index contributed by atoms with van der Waals surface area (Å²) in [7, 11) is 0. The molecule has 1 aliphatic heterocycles. The van der Waals surface area contributed by atoms with E-state index in [1.807, 2.05) is 11.8 Å². The molecule has 70 valence electrons. The maximum atomic E-state index is 2.46. The number of alkyl halides is 1. The second-order valence-electron chi connectivity index (χ2n) is 2.65. The van der Waals surface area contributed by atoms with E-state index in [0.717, 1.165) is 0 Å². The number of allylic oxidation sites excluding steroid dienone is 1. The number of benzene rings is 1. The van der Waals surface area contributed by atoms with E-state index in [0.29, 0.717) is 0 Å². The van der Waals surface area contributed by atoms with Crippen LogP contribution in [0.15, 0.2) is 40.3 Å². The fourth-order valence-corrected chi connectivity index (χ4v) is 4.87. The van der Waals surface area contributed by atoms with Crippen LogP contribution in [-0.4, -0.2) is 4.93 Å². The van der Waals surface area contributed by atoms with Gasteiger partial charge in [0.1, 0.15) is 0 Å². The van der Waals surface area contributed by atoms with Crippen LogP contribution in [0.25, 0.3) is 0 Å². The van der Waals surface area contributed by atoms with Crippen molar-refractivity contribution in [3.63, 3.8) is 0 Å². The van der Waals surface area contributed by atoms with Crippen molar-refractivity contribution in [2.45, 2.75) is 11.8 Å². The summed E-state index contributed by atoms with van der Waals surface area (Å²) >= 11 is 2.00. The normalized spacial score (nSPS) is 18.3. The molecule has 0 atom stereocenters. The molecule has 2 rings (SSSR count). The Morgan fingerprint density at radius 2 is 2.15 bits per heavy atom. The van der Waals surface area contributed by atoms with E-state index in [4.69, 9.17) is 0 Å². The Morgan fingerprint density at radius 1 is 1.38 bits per heavy atom. The second-order valence-corrected chi connectivity index (χ2v) is 5.64. The number of thioether (sulfide) groups is 1. The summed E-state index contributed by atoms with van der Waals surface area (Å²) in [5, 5.41) is 1.40. The fraction of sp³-hybridized carbons (Fsp3) is 0.200.